The minimum atomic E-state index is -3.90. The van der Waals surface area contributed by atoms with Gasteiger partial charge in [-0.05, 0) is 31.2 Å². The van der Waals surface area contributed by atoms with Crippen molar-refractivity contribution in [2.75, 3.05) is 13.7 Å². The number of ketones is 1. The normalized spacial score (nSPS) is 10.9. The van der Waals surface area contributed by atoms with E-state index in [1.807, 2.05) is 0 Å². The molecule has 0 N–H and O–H groups in total. The van der Waals surface area contributed by atoms with Crippen LogP contribution in [0.25, 0.3) is 0 Å². The highest BCUT2D eigenvalue weighted by Gasteiger charge is 2.45. The van der Waals surface area contributed by atoms with Gasteiger partial charge in [-0.25, -0.2) is 4.79 Å². The van der Waals surface area contributed by atoms with E-state index in [9.17, 15) is 18.4 Å². The predicted octanol–water partition coefficient (Wildman–Crippen LogP) is 1.92. The Morgan fingerprint density at radius 2 is 1.78 bits per heavy atom. The first-order valence-electron chi connectivity index (χ1n) is 5.17. The number of alkyl halides is 2. The van der Waals surface area contributed by atoms with Crippen LogP contribution in [0.4, 0.5) is 8.78 Å². The van der Waals surface area contributed by atoms with Crippen LogP contribution in [0.2, 0.25) is 0 Å². The molecule has 1 aromatic rings. The summed E-state index contributed by atoms with van der Waals surface area (Å²) in [7, 11) is 1.39. The molecule has 0 saturated heterocycles. The van der Waals surface area contributed by atoms with Gasteiger partial charge in [-0.1, -0.05) is 0 Å². The Balaban J connectivity index is 2.97. The number of carbonyl (C=O) groups is 2. The Kier molecular flexibility index (Phi) is 4.36. The monoisotopic (exact) mass is 258 g/mol. The van der Waals surface area contributed by atoms with Crippen LogP contribution in [-0.2, 0) is 20.2 Å². The van der Waals surface area contributed by atoms with Crippen molar-refractivity contribution in [1.29, 1.82) is 0 Å². The van der Waals surface area contributed by atoms with Crippen molar-refractivity contribution in [1.82, 2.24) is 0 Å². The molecular weight excluding hydrogens is 246 g/mol. The maximum Gasteiger partial charge on any atom is 0.381 e. The SMILES string of the molecule is CCOC(=O)C(=O)C(F)(F)c1ccc(OC)cc1. The van der Waals surface area contributed by atoms with Gasteiger partial charge >= 0.3 is 17.7 Å². The molecule has 1 aromatic carbocycles. The van der Waals surface area contributed by atoms with E-state index in [1.165, 1.54) is 26.2 Å². The van der Waals surface area contributed by atoms with Gasteiger partial charge in [0, 0.05) is 5.56 Å². The third kappa shape index (κ3) is 2.82. The van der Waals surface area contributed by atoms with Gasteiger partial charge in [-0.3, -0.25) is 4.79 Å². The Morgan fingerprint density at radius 3 is 2.22 bits per heavy atom. The number of Topliss-reactive ketones (excluding diaryl/α,β-unsaturated/α-hetero) is 1. The van der Waals surface area contributed by atoms with Crippen molar-refractivity contribution in [2.45, 2.75) is 12.8 Å². The summed E-state index contributed by atoms with van der Waals surface area (Å²) < 4.78 is 36.4. The van der Waals surface area contributed by atoms with Crippen molar-refractivity contribution in [3.8, 4) is 5.75 Å². The summed E-state index contributed by atoms with van der Waals surface area (Å²) in [5, 5.41) is 0. The number of methoxy groups -OCH3 is 1. The molecule has 0 saturated carbocycles. The Labute approximate surface area is 103 Å². The zero-order chi connectivity index (χ0) is 13.8. The van der Waals surface area contributed by atoms with Crippen LogP contribution in [0.3, 0.4) is 0 Å². The second-order valence-electron chi connectivity index (χ2n) is 3.35. The standard InChI is InChI=1S/C12H12F2O4/c1-3-18-11(16)10(15)12(13,14)8-4-6-9(17-2)7-5-8/h4-7H,3H2,1-2H3. The first kappa shape index (κ1) is 14.1. The highest BCUT2D eigenvalue weighted by atomic mass is 19.3. The maximum atomic E-state index is 13.7. The third-order valence-corrected chi connectivity index (χ3v) is 2.20. The van der Waals surface area contributed by atoms with Gasteiger partial charge in [0.2, 0.25) is 0 Å². The van der Waals surface area contributed by atoms with Crippen molar-refractivity contribution in [3.63, 3.8) is 0 Å². The number of ether oxygens (including phenoxy) is 2. The summed E-state index contributed by atoms with van der Waals surface area (Å²) in [6.07, 6.45) is 0. The molecule has 0 spiro atoms. The second kappa shape index (κ2) is 5.57. The molecule has 98 valence electrons. The quantitative estimate of drug-likeness (QED) is 0.598. The van der Waals surface area contributed by atoms with Gasteiger partial charge in [-0.2, -0.15) is 8.78 Å². The van der Waals surface area contributed by atoms with Crippen LogP contribution >= 0.6 is 0 Å². The van der Waals surface area contributed by atoms with Crippen LogP contribution in [0.5, 0.6) is 5.75 Å². The zero-order valence-corrected chi connectivity index (χ0v) is 9.91. The summed E-state index contributed by atoms with van der Waals surface area (Å²) >= 11 is 0. The molecule has 0 heterocycles. The molecule has 0 bridgehead atoms. The highest BCUT2D eigenvalue weighted by Crippen LogP contribution is 2.30. The lowest BCUT2D eigenvalue weighted by Gasteiger charge is -2.14. The van der Waals surface area contributed by atoms with Gasteiger partial charge < -0.3 is 9.47 Å². The number of carbonyl (C=O) groups excluding carboxylic acids is 2. The van der Waals surface area contributed by atoms with Gasteiger partial charge in [0.15, 0.2) is 0 Å². The van der Waals surface area contributed by atoms with Gasteiger partial charge in [-0.15, -0.1) is 0 Å². The lowest BCUT2D eigenvalue weighted by molar-refractivity contribution is -0.166. The third-order valence-electron chi connectivity index (χ3n) is 2.20. The fourth-order valence-corrected chi connectivity index (χ4v) is 1.26. The van der Waals surface area contributed by atoms with E-state index in [4.69, 9.17) is 4.74 Å². The predicted molar refractivity (Wildman–Crippen MR) is 58.5 cm³/mol. The fourth-order valence-electron chi connectivity index (χ4n) is 1.26. The smallest absolute Gasteiger partial charge is 0.381 e. The number of hydrogen-bond acceptors (Lipinski definition) is 4. The molecule has 0 aliphatic carbocycles. The summed E-state index contributed by atoms with van der Waals surface area (Å²) in [5.41, 5.74) is -0.582. The molecule has 0 aliphatic rings. The van der Waals surface area contributed by atoms with Gasteiger partial charge in [0.25, 0.3) is 0 Å². The zero-order valence-electron chi connectivity index (χ0n) is 9.91. The van der Waals surface area contributed by atoms with E-state index in [1.54, 1.807) is 0 Å². The molecule has 0 fully saturated rings. The molecule has 0 atom stereocenters. The van der Waals surface area contributed by atoms with E-state index in [0.717, 1.165) is 12.1 Å². The van der Waals surface area contributed by atoms with Crippen molar-refractivity contribution in [2.24, 2.45) is 0 Å². The second-order valence-corrected chi connectivity index (χ2v) is 3.35. The Morgan fingerprint density at radius 1 is 1.22 bits per heavy atom. The van der Waals surface area contributed by atoms with Gasteiger partial charge in [0.1, 0.15) is 5.75 Å². The number of benzene rings is 1. The minimum absolute atomic E-state index is 0.136. The largest absolute Gasteiger partial charge is 0.497 e. The van der Waals surface area contributed by atoms with Gasteiger partial charge in [0.05, 0.1) is 13.7 Å². The molecule has 0 aliphatic heterocycles. The number of esters is 1. The molecule has 0 aromatic heterocycles. The average molecular weight is 258 g/mol. The fraction of sp³-hybridized carbons (Fsp3) is 0.333. The van der Waals surface area contributed by atoms with E-state index < -0.39 is 23.2 Å². The minimum Gasteiger partial charge on any atom is -0.497 e. The molecule has 0 unspecified atom stereocenters. The Bertz CT molecular complexity index is 440. The van der Waals surface area contributed by atoms with Crippen molar-refractivity contribution >= 4 is 11.8 Å². The first-order valence-corrected chi connectivity index (χ1v) is 5.17. The highest BCUT2D eigenvalue weighted by molar-refractivity contribution is 6.36. The molecule has 4 nitrogen and oxygen atoms in total. The summed E-state index contributed by atoms with van der Waals surface area (Å²) in [4.78, 5) is 22.3. The van der Waals surface area contributed by atoms with Crippen LogP contribution < -0.4 is 4.74 Å². The molecular formula is C12H12F2O4. The number of halogens is 2. The Hall–Kier alpha value is -1.98. The van der Waals surface area contributed by atoms with E-state index >= 15 is 0 Å². The molecule has 18 heavy (non-hydrogen) atoms. The average Bonchev–Trinajstić information content (AvgIpc) is 2.38. The summed E-state index contributed by atoms with van der Waals surface area (Å²) in [5.74, 6) is -6.95. The van der Waals surface area contributed by atoms with E-state index in [0.29, 0.717) is 5.75 Å². The molecule has 1 rings (SSSR count). The van der Waals surface area contributed by atoms with Crippen LogP contribution in [0, 0.1) is 0 Å². The first-order chi connectivity index (χ1) is 8.43. The maximum absolute atomic E-state index is 13.7. The van der Waals surface area contributed by atoms with Crippen LogP contribution in [0.15, 0.2) is 24.3 Å². The molecule has 0 radical (unpaired) electrons. The topological polar surface area (TPSA) is 52.6 Å². The summed E-state index contributed by atoms with van der Waals surface area (Å²) in [6.45, 7) is 1.29. The van der Waals surface area contributed by atoms with Crippen LogP contribution in [-0.4, -0.2) is 25.5 Å². The van der Waals surface area contributed by atoms with Crippen molar-refractivity contribution in [3.05, 3.63) is 29.8 Å². The number of hydrogen-bond donors (Lipinski definition) is 0. The number of rotatable bonds is 5. The lowest BCUT2D eigenvalue weighted by Crippen LogP contribution is -2.34. The molecule has 0 amide bonds. The van der Waals surface area contributed by atoms with E-state index in [2.05, 4.69) is 4.74 Å². The lowest BCUT2D eigenvalue weighted by atomic mass is 10.0. The van der Waals surface area contributed by atoms with Crippen molar-refractivity contribution < 1.29 is 27.8 Å². The van der Waals surface area contributed by atoms with Crippen LogP contribution in [0.1, 0.15) is 12.5 Å². The summed E-state index contributed by atoms with van der Waals surface area (Å²) in [6, 6.07) is 4.61. The van der Waals surface area contributed by atoms with E-state index in [-0.39, 0.29) is 6.61 Å². The molecule has 6 heteroatoms.